The zero-order chi connectivity index (χ0) is 13.5. The highest BCUT2D eigenvalue weighted by Crippen LogP contribution is 2.27. The molecule has 0 unspecified atom stereocenters. The Morgan fingerprint density at radius 1 is 1.06 bits per heavy atom. The summed E-state index contributed by atoms with van der Waals surface area (Å²) in [5.74, 6) is -0.804. The maximum Gasteiger partial charge on any atom is 0.229 e. The topological polar surface area (TPSA) is 30.7 Å². The van der Waals surface area contributed by atoms with Gasteiger partial charge in [0.2, 0.25) is 5.28 Å². The van der Waals surface area contributed by atoms with E-state index in [2.05, 4.69) is 10.2 Å². The molecule has 0 atom stereocenters. The van der Waals surface area contributed by atoms with Crippen molar-refractivity contribution in [2.45, 2.75) is 26.2 Å². The van der Waals surface area contributed by atoms with E-state index in [1.165, 1.54) is 16.7 Å². The molecule has 18 heavy (non-hydrogen) atoms. The first-order valence-electron chi connectivity index (χ1n) is 5.37. The molecular weight excluding hydrogens is 260 g/mol. The highest BCUT2D eigenvalue weighted by atomic mass is 35.5. The predicted octanol–water partition coefficient (Wildman–Crippen LogP) is 3.50. The molecule has 1 aromatic heterocycles. The van der Waals surface area contributed by atoms with Crippen molar-refractivity contribution in [1.82, 2.24) is 14.8 Å². The summed E-state index contributed by atoms with van der Waals surface area (Å²) in [6, 6.07) is 3.18. The minimum Gasteiger partial charge on any atom is -0.269 e. The van der Waals surface area contributed by atoms with Crippen LogP contribution in [0.2, 0.25) is 5.28 Å². The third-order valence-corrected chi connectivity index (χ3v) is 2.64. The lowest BCUT2D eigenvalue weighted by Gasteiger charge is -2.19. The van der Waals surface area contributed by atoms with Gasteiger partial charge in [-0.2, -0.15) is 0 Å². The van der Waals surface area contributed by atoms with Crippen molar-refractivity contribution >= 4 is 11.6 Å². The minimum atomic E-state index is -0.672. The van der Waals surface area contributed by atoms with Crippen LogP contribution in [0.5, 0.6) is 0 Å². The lowest BCUT2D eigenvalue weighted by atomic mass is 9.95. The van der Waals surface area contributed by atoms with E-state index in [4.69, 9.17) is 11.6 Å². The van der Waals surface area contributed by atoms with Crippen LogP contribution < -0.4 is 0 Å². The third-order valence-electron chi connectivity index (χ3n) is 2.40. The minimum absolute atomic E-state index is 0.0740. The molecule has 6 heteroatoms. The molecule has 3 nitrogen and oxygen atoms in total. The second kappa shape index (κ2) is 4.31. The molecule has 0 spiro atoms. The molecule has 0 aliphatic rings. The van der Waals surface area contributed by atoms with E-state index >= 15 is 0 Å². The van der Waals surface area contributed by atoms with Crippen molar-refractivity contribution in [1.29, 1.82) is 0 Å². The number of benzene rings is 1. The second-order valence-corrected chi connectivity index (χ2v) is 5.34. The summed E-state index contributed by atoms with van der Waals surface area (Å²) < 4.78 is 27.9. The average Bonchev–Trinajstić information content (AvgIpc) is 2.57. The molecule has 0 aliphatic carbocycles. The van der Waals surface area contributed by atoms with Crippen molar-refractivity contribution in [3.8, 4) is 5.69 Å². The van der Waals surface area contributed by atoms with Crippen LogP contribution in [0, 0.1) is 11.6 Å². The monoisotopic (exact) mass is 271 g/mol. The molecule has 0 amide bonds. The van der Waals surface area contributed by atoms with Crippen molar-refractivity contribution < 1.29 is 8.78 Å². The van der Waals surface area contributed by atoms with Gasteiger partial charge in [-0.15, -0.1) is 10.2 Å². The van der Waals surface area contributed by atoms with Crippen LogP contribution in [-0.2, 0) is 5.41 Å². The molecule has 1 heterocycles. The van der Waals surface area contributed by atoms with Crippen LogP contribution in [0.15, 0.2) is 18.2 Å². The molecule has 96 valence electrons. The first-order valence-corrected chi connectivity index (χ1v) is 5.74. The first kappa shape index (κ1) is 13.0. The zero-order valence-electron chi connectivity index (χ0n) is 10.2. The summed E-state index contributed by atoms with van der Waals surface area (Å²) in [5, 5.41) is 7.79. The fourth-order valence-corrected chi connectivity index (χ4v) is 1.86. The van der Waals surface area contributed by atoms with E-state index in [0.29, 0.717) is 5.82 Å². The Kier molecular flexibility index (Phi) is 3.11. The molecule has 0 N–H and O–H groups in total. The van der Waals surface area contributed by atoms with Gasteiger partial charge in [-0.1, -0.05) is 20.8 Å². The molecular formula is C12H12ClF2N3. The highest BCUT2D eigenvalue weighted by molar-refractivity contribution is 6.28. The molecule has 0 saturated carbocycles. The van der Waals surface area contributed by atoms with Crippen LogP contribution in [-0.4, -0.2) is 14.8 Å². The predicted molar refractivity (Wildman–Crippen MR) is 65.0 cm³/mol. The number of halogens is 3. The van der Waals surface area contributed by atoms with Gasteiger partial charge in [-0.05, 0) is 23.7 Å². The molecule has 0 radical (unpaired) electrons. The van der Waals surface area contributed by atoms with Gasteiger partial charge in [0.15, 0.2) is 0 Å². The number of rotatable bonds is 1. The normalized spacial score (nSPS) is 11.9. The first-order chi connectivity index (χ1) is 8.29. The Bertz CT molecular complexity index is 567. The Hall–Kier alpha value is -1.49. The standard InChI is InChI=1S/C12H12ClF2N3/c1-12(2,3)10-16-17-11(13)18(10)9-5-7(14)4-8(15)6-9/h4-6H,1-3H3. The Labute approximate surface area is 108 Å². The number of aromatic nitrogens is 3. The van der Waals surface area contributed by atoms with E-state index in [1.54, 1.807) is 0 Å². The van der Waals surface area contributed by atoms with E-state index in [0.717, 1.165) is 6.07 Å². The van der Waals surface area contributed by atoms with Crippen LogP contribution in [0.25, 0.3) is 5.69 Å². The molecule has 1 aromatic carbocycles. The summed E-state index contributed by atoms with van der Waals surface area (Å²) in [5.41, 5.74) is -0.0735. The molecule has 0 bridgehead atoms. The Balaban J connectivity index is 2.67. The smallest absolute Gasteiger partial charge is 0.229 e. The number of hydrogen-bond acceptors (Lipinski definition) is 2. The highest BCUT2D eigenvalue weighted by Gasteiger charge is 2.24. The van der Waals surface area contributed by atoms with Crippen molar-refractivity contribution in [2.24, 2.45) is 0 Å². The van der Waals surface area contributed by atoms with Crippen molar-refractivity contribution in [2.75, 3.05) is 0 Å². The van der Waals surface area contributed by atoms with Gasteiger partial charge in [0, 0.05) is 11.5 Å². The maximum absolute atomic E-state index is 13.2. The van der Waals surface area contributed by atoms with Crippen molar-refractivity contribution in [3.05, 3.63) is 40.9 Å². The molecule has 0 aliphatic heterocycles. The second-order valence-electron chi connectivity index (χ2n) is 5.01. The van der Waals surface area contributed by atoms with Crippen LogP contribution in [0.3, 0.4) is 0 Å². The third kappa shape index (κ3) is 2.36. The lowest BCUT2D eigenvalue weighted by Crippen LogP contribution is -2.18. The van der Waals surface area contributed by atoms with Crippen LogP contribution in [0.4, 0.5) is 8.78 Å². The van der Waals surface area contributed by atoms with Crippen molar-refractivity contribution in [3.63, 3.8) is 0 Å². The Morgan fingerprint density at radius 2 is 1.61 bits per heavy atom. The van der Waals surface area contributed by atoms with Crippen LogP contribution in [0.1, 0.15) is 26.6 Å². The fourth-order valence-electron chi connectivity index (χ4n) is 1.65. The van der Waals surface area contributed by atoms with Gasteiger partial charge in [0.1, 0.15) is 17.5 Å². The maximum atomic E-state index is 13.2. The van der Waals surface area contributed by atoms with Gasteiger partial charge in [-0.25, -0.2) is 8.78 Å². The lowest BCUT2D eigenvalue weighted by molar-refractivity contribution is 0.530. The summed E-state index contributed by atoms with van der Waals surface area (Å²) >= 11 is 5.93. The summed E-state index contributed by atoms with van der Waals surface area (Å²) in [7, 11) is 0. The fraction of sp³-hybridized carbons (Fsp3) is 0.333. The number of nitrogens with zero attached hydrogens (tertiary/aromatic N) is 3. The van der Waals surface area contributed by atoms with Crippen LogP contribution >= 0.6 is 11.6 Å². The summed E-state index contributed by atoms with van der Waals surface area (Å²) in [6.07, 6.45) is 0. The van der Waals surface area contributed by atoms with E-state index in [9.17, 15) is 8.78 Å². The van der Waals surface area contributed by atoms with Gasteiger partial charge >= 0.3 is 0 Å². The number of hydrogen-bond donors (Lipinski definition) is 0. The molecule has 0 fully saturated rings. The average molecular weight is 272 g/mol. The van der Waals surface area contributed by atoms with Gasteiger partial charge in [0.05, 0.1) is 5.69 Å². The summed E-state index contributed by atoms with van der Waals surface area (Å²) in [6.45, 7) is 5.75. The molecule has 2 rings (SSSR count). The van der Waals surface area contributed by atoms with Gasteiger partial charge < -0.3 is 0 Å². The molecule has 2 aromatic rings. The van der Waals surface area contributed by atoms with Gasteiger partial charge in [0.25, 0.3) is 0 Å². The SMILES string of the molecule is CC(C)(C)c1nnc(Cl)n1-c1cc(F)cc(F)c1. The van der Waals surface area contributed by atoms with E-state index in [-0.39, 0.29) is 16.4 Å². The van der Waals surface area contributed by atoms with E-state index < -0.39 is 11.6 Å². The quantitative estimate of drug-likeness (QED) is 0.795. The Morgan fingerprint density at radius 3 is 2.11 bits per heavy atom. The van der Waals surface area contributed by atoms with Gasteiger partial charge in [-0.3, -0.25) is 4.57 Å². The molecule has 0 saturated heterocycles. The largest absolute Gasteiger partial charge is 0.269 e. The zero-order valence-corrected chi connectivity index (χ0v) is 11.0. The van der Waals surface area contributed by atoms with E-state index in [1.807, 2.05) is 20.8 Å². The summed E-state index contributed by atoms with van der Waals surface area (Å²) in [4.78, 5) is 0.